The quantitative estimate of drug-likeness (QED) is 0.560. The van der Waals surface area contributed by atoms with Crippen LogP contribution in [0, 0.1) is 0 Å². The van der Waals surface area contributed by atoms with Crippen LogP contribution in [0.1, 0.15) is 6.92 Å². The number of rotatable bonds is 1. The van der Waals surface area contributed by atoms with E-state index >= 15 is 0 Å². The van der Waals surface area contributed by atoms with Crippen molar-refractivity contribution in [1.29, 1.82) is 0 Å². The highest BCUT2D eigenvalue weighted by atomic mass is 16.5. The summed E-state index contributed by atoms with van der Waals surface area (Å²) < 4.78 is 8.07. The van der Waals surface area contributed by atoms with Crippen molar-refractivity contribution in [2.24, 2.45) is 11.5 Å². The molecule has 0 rings (SSSR count). The van der Waals surface area contributed by atoms with E-state index in [1.165, 1.54) is 7.11 Å². The summed E-state index contributed by atoms with van der Waals surface area (Å²) in [7, 11) is 1.22. The number of carbonyl (C=O) groups is 2. The maximum atomic E-state index is 9.60. The minimum atomic E-state index is -0.745. The van der Waals surface area contributed by atoms with Crippen LogP contribution >= 0.6 is 0 Å². The monoisotopic (exact) mass is 164 g/mol. The SMILES string of the molecule is CCOC(N)=O.COC(N)=O. The largest absolute Gasteiger partial charge is 0.453 e. The molecule has 0 saturated heterocycles. The van der Waals surface area contributed by atoms with E-state index in [1.807, 2.05) is 0 Å². The first-order valence-corrected chi connectivity index (χ1v) is 2.80. The molecular formula is C5H12N2O4. The fourth-order valence-corrected chi connectivity index (χ4v) is 0.142. The van der Waals surface area contributed by atoms with Crippen molar-refractivity contribution in [1.82, 2.24) is 0 Å². The highest BCUT2D eigenvalue weighted by Crippen LogP contribution is 1.66. The zero-order valence-corrected chi connectivity index (χ0v) is 6.49. The van der Waals surface area contributed by atoms with Crippen LogP contribution in [0.5, 0.6) is 0 Å². The van der Waals surface area contributed by atoms with E-state index in [1.54, 1.807) is 6.92 Å². The minimum absolute atomic E-state index is 0.356. The molecule has 6 heteroatoms. The molecule has 0 aliphatic carbocycles. The highest BCUT2D eigenvalue weighted by Gasteiger charge is 1.82. The van der Waals surface area contributed by atoms with Crippen LogP contribution in [0.2, 0.25) is 0 Å². The Bertz CT molecular complexity index is 126. The number of hydrogen-bond donors (Lipinski definition) is 2. The smallest absolute Gasteiger partial charge is 0.404 e. The van der Waals surface area contributed by atoms with Crippen molar-refractivity contribution in [2.75, 3.05) is 13.7 Å². The van der Waals surface area contributed by atoms with Gasteiger partial charge in [0.25, 0.3) is 0 Å². The molecular weight excluding hydrogens is 152 g/mol. The Kier molecular flexibility index (Phi) is 9.50. The molecule has 0 aromatic carbocycles. The van der Waals surface area contributed by atoms with Crippen LogP contribution < -0.4 is 11.5 Å². The molecule has 2 amide bonds. The summed E-state index contributed by atoms with van der Waals surface area (Å²) in [6.07, 6.45) is -1.46. The van der Waals surface area contributed by atoms with Crippen LogP contribution in [-0.2, 0) is 9.47 Å². The summed E-state index contributed by atoms with van der Waals surface area (Å²) in [6.45, 7) is 2.06. The summed E-state index contributed by atoms with van der Waals surface area (Å²) in [5.74, 6) is 0. The second-order valence-electron chi connectivity index (χ2n) is 1.28. The predicted octanol–water partition coefficient (Wildman–Crippen LogP) is -0.187. The Morgan fingerprint density at radius 1 is 1.27 bits per heavy atom. The standard InChI is InChI=1S/C3H7NO2.C2H5NO2/c1-2-6-3(4)5;1-5-2(3)4/h2H2,1H3,(H2,4,5);1H3,(H2,3,4). The third-order valence-corrected chi connectivity index (χ3v) is 0.488. The van der Waals surface area contributed by atoms with Crippen LogP contribution in [0.15, 0.2) is 0 Å². The Hall–Kier alpha value is -1.46. The van der Waals surface area contributed by atoms with Gasteiger partial charge in [-0.1, -0.05) is 0 Å². The second-order valence-corrected chi connectivity index (χ2v) is 1.28. The van der Waals surface area contributed by atoms with Gasteiger partial charge in [0, 0.05) is 0 Å². The molecule has 0 fully saturated rings. The van der Waals surface area contributed by atoms with Crippen molar-refractivity contribution in [2.45, 2.75) is 6.92 Å². The second kappa shape index (κ2) is 8.54. The van der Waals surface area contributed by atoms with Crippen molar-refractivity contribution < 1.29 is 19.1 Å². The average molecular weight is 164 g/mol. The number of ether oxygens (including phenoxy) is 2. The lowest BCUT2D eigenvalue weighted by Crippen LogP contribution is -2.11. The number of carbonyl (C=O) groups excluding carboxylic acids is 2. The van der Waals surface area contributed by atoms with Crippen LogP contribution in [0.3, 0.4) is 0 Å². The first-order chi connectivity index (χ1) is 5.04. The van der Waals surface area contributed by atoms with Crippen LogP contribution in [0.4, 0.5) is 9.59 Å². The molecule has 4 N–H and O–H groups in total. The lowest BCUT2D eigenvalue weighted by Gasteiger charge is -1.89. The van der Waals surface area contributed by atoms with E-state index in [-0.39, 0.29) is 0 Å². The van der Waals surface area contributed by atoms with Crippen molar-refractivity contribution in [3.8, 4) is 0 Å². The predicted molar refractivity (Wildman–Crippen MR) is 37.8 cm³/mol. The number of nitrogens with two attached hydrogens (primary N) is 2. The molecule has 0 radical (unpaired) electrons. The zero-order chi connectivity index (χ0) is 9.28. The van der Waals surface area contributed by atoms with Gasteiger partial charge >= 0.3 is 12.2 Å². The van der Waals surface area contributed by atoms with E-state index in [4.69, 9.17) is 0 Å². The van der Waals surface area contributed by atoms with Crippen molar-refractivity contribution >= 4 is 12.2 Å². The van der Waals surface area contributed by atoms with Gasteiger partial charge in [-0.3, -0.25) is 0 Å². The van der Waals surface area contributed by atoms with Gasteiger partial charge in [0.05, 0.1) is 13.7 Å². The molecule has 0 aromatic heterocycles. The molecule has 0 aliphatic rings. The van der Waals surface area contributed by atoms with Gasteiger partial charge in [0.15, 0.2) is 0 Å². The first-order valence-electron chi connectivity index (χ1n) is 2.80. The molecule has 6 nitrogen and oxygen atoms in total. The third kappa shape index (κ3) is 29.1. The van der Waals surface area contributed by atoms with E-state index in [0.717, 1.165) is 0 Å². The summed E-state index contributed by atoms with van der Waals surface area (Å²) in [4.78, 5) is 19.0. The number of primary amides is 2. The van der Waals surface area contributed by atoms with Gasteiger partial charge in [-0.2, -0.15) is 0 Å². The fourth-order valence-electron chi connectivity index (χ4n) is 0.142. The van der Waals surface area contributed by atoms with Crippen molar-refractivity contribution in [3.63, 3.8) is 0 Å². The zero-order valence-electron chi connectivity index (χ0n) is 6.49. The summed E-state index contributed by atoms with van der Waals surface area (Å²) >= 11 is 0. The van der Waals surface area contributed by atoms with Crippen molar-refractivity contribution in [3.05, 3.63) is 0 Å². The summed E-state index contributed by atoms with van der Waals surface area (Å²) in [6, 6.07) is 0. The van der Waals surface area contributed by atoms with Gasteiger partial charge in [-0.25, -0.2) is 9.59 Å². The molecule has 11 heavy (non-hydrogen) atoms. The lowest BCUT2D eigenvalue weighted by atomic mass is 10.9. The van der Waals surface area contributed by atoms with Gasteiger partial charge in [0.2, 0.25) is 0 Å². The third-order valence-electron chi connectivity index (χ3n) is 0.488. The maximum absolute atomic E-state index is 9.60. The molecule has 0 saturated carbocycles. The Labute approximate surface area is 64.4 Å². The minimum Gasteiger partial charge on any atom is -0.453 e. The van der Waals surface area contributed by atoms with E-state index < -0.39 is 12.2 Å². The Morgan fingerprint density at radius 3 is 1.64 bits per heavy atom. The number of hydrogen-bond acceptors (Lipinski definition) is 4. The molecule has 0 aliphatic heterocycles. The first kappa shape index (κ1) is 12.2. The highest BCUT2D eigenvalue weighted by molar-refractivity contribution is 5.64. The molecule has 0 unspecified atom stereocenters. The molecule has 66 valence electrons. The molecule has 0 bridgehead atoms. The topological polar surface area (TPSA) is 105 Å². The molecule has 0 atom stereocenters. The molecule has 0 heterocycles. The van der Waals surface area contributed by atoms with Gasteiger partial charge < -0.3 is 20.9 Å². The van der Waals surface area contributed by atoms with E-state index in [2.05, 4.69) is 20.9 Å². The Morgan fingerprint density at radius 2 is 1.64 bits per heavy atom. The van der Waals surface area contributed by atoms with Crippen LogP contribution in [0.25, 0.3) is 0 Å². The fraction of sp³-hybridized carbons (Fsp3) is 0.600. The number of amides is 2. The summed E-state index contributed by atoms with van der Waals surface area (Å²) in [5, 5.41) is 0. The molecule has 0 aromatic rings. The molecule has 0 spiro atoms. The normalized spacial score (nSPS) is 7.09. The number of methoxy groups -OCH3 is 1. The lowest BCUT2D eigenvalue weighted by molar-refractivity contribution is 0.163. The summed E-state index contributed by atoms with van der Waals surface area (Å²) in [5.41, 5.74) is 8.97. The van der Waals surface area contributed by atoms with Gasteiger partial charge in [-0.15, -0.1) is 0 Å². The van der Waals surface area contributed by atoms with E-state index in [9.17, 15) is 9.59 Å². The average Bonchev–Trinajstić information content (AvgIpc) is 1.89. The Balaban J connectivity index is 0. The van der Waals surface area contributed by atoms with Gasteiger partial charge in [-0.05, 0) is 6.92 Å². The maximum Gasteiger partial charge on any atom is 0.404 e. The van der Waals surface area contributed by atoms with Gasteiger partial charge in [0.1, 0.15) is 0 Å². The van der Waals surface area contributed by atoms with E-state index in [0.29, 0.717) is 6.61 Å². The van der Waals surface area contributed by atoms with Crippen LogP contribution in [-0.4, -0.2) is 25.9 Å².